The number of hydrogen-bond acceptors (Lipinski definition) is 4. The molecule has 0 aromatic heterocycles. The minimum Gasteiger partial charge on any atom is -0.476 e. The molecule has 0 aromatic carbocycles. The van der Waals surface area contributed by atoms with Gasteiger partial charge >= 0.3 is 22.0 Å². The van der Waals surface area contributed by atoms with Crippen LogP contribution in [0, 0.1) is 6.57 Å². The first kappa shape index (κ1) is 14.6. The van der Waals surface area contributed by atoms with E-state index in [0.717, 1.165) is 0 Å². The monoisotopic (exact) mass is 207 g/mol. The Hall–Kier alpha value is -0.943. The van der Waals surface area contributed by atoms with Crippen molar-refractivity contribution >= 4 is 15.5 Å². The van der Waals surface area contributed by atoms with Gasteiger partial charge in [0.25, 0.3) is 0 Å². The molecule has 0 spiro atoms. The standard InChI is InChI=1S/C3H3NO2.C3H10O3Si/c1-4-2-3(5)6;1-4-7(5-2)6-3/h2H2,(H,5,6);7H,1-3H3. The molecule has 0 aromatic rings. The van der Waals surface area contributed by atoms with Crippen molar-refractivity contribution in [3.63, 3.8) is 0 Å². The number of nitrogens with zero attached hydrogens (tertiary/aromatic N) is 1. The molecule has 0 saturated heterocycles. The molecule has 1 N–H and O–H groups in total. The first-order valence-corrected chi connectivity index (χ1v) is 4.67. The predicted molar refractivity (Wildman–Crippen MR) is 47.3 cm³/mol. The van der Waals surface area contributed by atoms with Crippen LogP contribution in [-0.4, -0.2) is 48.5 Å². The summed E-state index contributed by atoms with van der Waals surface area (Å²) in [5.74, 6) is -1.06. The third-order valence-electron chi connectivity index (χ3n) is 0.792. The molecule has 0 rings (SSSR count). The van der Waals surface area contributed by atoms with E-state index in [1.807, 2.05) is 0 Å². The van der Waals surface area contributed by atoms with Crippen molar-refractivity contribution in [2.45, 2.75) is 0 Å². The molecule has 76 valence electrons. The lowest BCUT2D eigenvalue weighted by atomic mass is 10.7. The topological polar surface area (TPSA) is 69.4 Å². The zero-order valence-electron chi connectivity index (χ0n) is 7.81. The van der Waals surface area contributed by atoms with Gasteiger partial charge in [0.1, 0.15) is 0 Å². The maximum absolute atomic E-state index is 9.39. The van der Waals surface area contributed by atoms with Crippen molar-refractivity contribution in [1.29, 1.82) is 0 Å². The predicted octanol–water partition coefficient (Wildman–Crippen LogP) is -0.367. The molecule has 0 radical (unpaired) electrons. The van der Waals surface area contributed by atoms with Gasteiger partial charge in [-0.3, -0.25) is 0 Å². The molecule has 0 atom stereocenters. The Labute approximate surface area is 78.8 Å². The Kier molecular flexibility index (Phi) is 12.4. The van der Waals surface area contributed by atoms with Gasteiger partial charge in [-0.2, -0.15) is 0 Å². The summed E-state index contributed by atoms with van der Waals surface area (Å²) in [6.45, 7) is 5.56. The molecule has 13 heavy (non-hydrogen) atoms. The van der Waals surface area contributed by atoms with E-state index in [4.69, 9.17) is 25.0 Å². The molecule has 0 aliphatic carbocycles. The number of carboxylic acid groups (broad SMARTS) is 1. The molecule has 7 heteroatoms. The van der Waals surface area contributed by atoms with Crippen LogP contribution in [0.25, 0.3) is 4.85 Å². The van der Waals surface area contributed by atoms with Crippen LogP contribution in [0.3, 0.4) is 0 Å². The van der Waals surface area contributed by atoms with Gasteiger partial charge in [-0.05, 0) is 0 Å². The molecular weight excluding hydrogens is 194 g/mol. The van der Waals surface area contributed by atoms with Gasteiger partial charge in [0, 0.05) is 21.3 Å². The third-order valence-corrected chi connectivity index (χ3v) is 1.95. The fourth-order valence-corrected chi connectivity index (χ4v) is 0.934. The summed E-state index contributed by atoms with van der Waals surface area (Å²) in [7, 11) is 3.05. The van der Waals surface area contributed by atoms with E-state index in [2.05, 4.69) is 4.85 Å². The van der Waals surface area contributed by atoms with Crippen molar-refractivity contribution in [3.05, 3.63) is 11.4 Å². The van der Waals surface area contributed by atoms with Crippen LogP contribution >= 0.6 is 0 Å². The minimum absolute atomic E-state index is 0.417. The summed E-state index contributed by atoms with van der Waals surface area (Å²) in [6, 6.07) is 0. The van der Waals surface area contributed by atoms with Gasteiger partial charge in [0.05, 0.1) is 0 Å². The maximum atomic E-state index is 9.39. The highest BCUT2D eigenvalue weighted by Crippen LogP contribution is 1.81. The van der Waals surface area contributed by atoms with Crippen molar-refractivity contribution in [1.82, 2.24) is 0 Å². The highest BCUT2D eigenvalue weighted by molar-refractivity contribution is 6.36. The Morgan fingerprint density at radius 1 is 1.38 bits per heavy atom. The van der Waals surface area contributed by atoms with Crippen LogP contribution < -0.4 is 0 Å². The van der Waals surface area contributed by atoms with Crippen LogP contribution in [-0.2, 0) is 18.1 Å². The van der Waals surface area contributed by atoms with Crippen molar-refractivity contribution < 1.29 is 23.2 Å². The Morgan fingerprint density at radius 2 is 1.77 bits per heavy atom. The molecule has 0 fully saturated rings. The summed E-state index contributed by atoms with van der Waals surface area (Å²) < 4.78 is 14.2. The van der Waals surface area contributed by atoms with E-state index < -0.39 is 22.0 Å². The van der Waals surface area contributed by atoms with Gasteiger partial charge < -0.3 is 23.2 Å². The SMILES string of the molecule is CO[SiH](OC)OC.[C-]#[N+]CC(=O)O. The van der Waals surface area contributed by atoms with E-state index >= 15 is 0 Å². The summed E-state index contributed by atoms with van der Waals surface area (Å²) >= 11 is 0. The van der Waals surface area contributed by atoms with E-state index in [1.54, 1.807) is 21.3 Å². The molecule has 0 amide bonds. The first-order chi connectivity index (χ1) is 6.12. The molecule has 0 aliphatic heterocycles. The fourth-order valence-electron chi connectivity index (χ4n) is 0.356. The third kappa shape index (κ3) is 14.0. The molecule has 0 unspecified atom stereocenters. The average Bonchev–Trinajstić information content (AvgIpc) is 2.08. The zero-order valence-corrected chi connectivity index (χ0v) is 8.97. The lowest BCUT2D eigenvalue weighted by Crippen LogP contribution is -2.21. The van der Waals surface area contributed by atoms with Gasteiger partial charge in [-0.1, -0.05) is 0 Å². The lowest BCUT2D eigenvalue weighted by molar-refractivity contribution is -0.134. The first-order valence-electron chi connectivity index (χ1n) is 3.25. The minimum atomic E-state index is -1.67. The van der Waals surface area contributed by atoms with Crippen molar-refractivity contribution in [2.75, 3.05) is 27.9 Å². The molecule has 0 aliphatic rings. The fraction of sp³-hybridized carbons (Fsp3) is 0.667. The van der Waals surface area contributed by atoms with E-state index in [-0.39, 0.29) is 0 Å². The van der Waals surface area contributed by atoms with Gasteiger partial charge in [-0.25, -0.2) is 11.4 Å². The second kappa shape index (κ2) is 11.1. The van der Waals surface area contributed by atoms with Crippen LogP contribution in [0.5, 0.6) is 0 Å². The zero-order chi connectivity index (χ0) is 10.7. The normalized spacial score (nSPS) is 8.54. The van der Waals surface area contributed by atoms with Crippen LogP contribution in [0.4, 0.5) is 0 Å². The van der Waals surface area contributed by atoms with Crippen LogP contribution in [0.2, 0.25) is 0 Å². The molecular formula is C6H13NO5Si. The quantitative estimate of drug-likeness (QED) is 0.503. The number of carboxylic acids is 1. The molecule has 6 nitrogen and oxygen atoms in total. The Bertz CT molecular complexity index is 159. The number of hydrogen-bond donors (Lipinski definition) is 1. The molecule has 0 saturated carbocycles. The number of aliphatic carboxylic acids is 1. The summed E-state index contributed by atoms with van der Waals surface area (Å²) in [5, 5.41) is 7.70. The average molecular weight is 207 g/mol. The largest absolute Gasteiger partial charge is 0.483 e. The maximum Gasteiger partial charge on any atom is 0.483 e. The lowest BCUT2D eigenvalue weighted by Gasteiger charge is -2.05. The van der Waals surface area contributed by atoms with Crippen molar-refractivity contribution in [3.8, 4) is 0 Å². The molecule has 0 bridgehead atoms. The van der Waals surface area contributed by atoms with E-state index in [0.29, 0.717) is 0 Å². The highest BCUT2D eigenvalue weighted by atomic mass is 28.3. The summed E-state index contributed by atoms with van der Waals surface area (Å²) in [6.07, 6.45) is 0. The van der Waals surface area contributed by atoms with Crippen molar-refractivity contribution in [2.24, 2.45) is 0 Å². The van der Waals surface area contributed by atoms with Gasteiger partial charge in [0.2, 0.25) is 0 Å². The Balaban J connectivity index is 0. The number of rotatable bonds is 4. The second-order valence-corrected chi connectivity index (χ2v) is 3.70. The van der Waals surface area contributed by atoms with Crippen LogP contribution in [0.1, 0.15) is 0 Å². The van der Waals surface area contributed by atoms with E-state index in [9.17, 15) is 4.79 Å². The smallest absolute Gasteiger partial charge is 0.476 e. The van der Waals surface area contributed by atoms with Crippen LogP contribution in [0.15, 0.2) is 0 Å². The van der Waals surface area contributed by atoms with Gasteiger partial charge in [0.15, 0.2) is 0 Å². The molecule has 0 heterocycles. The summed E-state index contributed by atoms with van der Waals surface area (Å²) in [4.78, 5) is 12.0. The summed E-state index contributed by atoms with van der Waals surface area (Å²) in [5.41, 5.74) is 0. The Morgan fingerprint density at radius 3 is 1.77 bits per heavy atom. The van der Waals surface area contributed by atoms with Gasteiger partial charge in [-0.15, -0.1) is 0 Å². The number of carbonyl (C=O) groups is 1. The van der Waals surface area contributed by atoms with E-state index in [1.165, 1.54) is 0 Å². The second-order valence-electron chi connectivity index (χ2n) is 1.71. The highest BCUT2D eigenvalue weighted by Gasteiger charge is 2.04.